The molecule has 2 aliphatic heterocycles. The molecule has 2 aromatic carbocycles. The number of benzene rings is 2. The van der Waals surface area contributed by atoms with Gasteiger partial charge in [-0.25, -0.2) is 0 Å². The summed E-state index contributed by atoms with van der Waals surface area (Å²) in [6, 6.07) is 16.1. The minimum absolute atomic E-state index is 0.110. The van der Waals surface area contributed by atoms with E-state index in [-0.39, 0.29) is 37.0 Å². The fraction of sp³-hybridized carbons (Fsp3) is 0.400. The van der Waals surface area contributed by atoms with Gasteiger partial charge in [-0.3, -0.25) is 9.59 Å². The molecule has 9 nitrogen and oxygen atoms in total. The van der Waals surface area contributed by atoms with Gasteiger partial charge in [0.05, 0.1) is 19.5 Å². The van der Waals surface area contributed by atoms with Gasteiger partial charge >= 0.3 is 0 Å². The van der Waals surface area contributed by atoms with Crippen LogP contribution in [0.25, 0.3) is 0 Å². The highest BCUT2D eigenvalue weighted by molar-refractivity contribution is 5.96. The van der Waals surface area contributed by atoms with Crippen molar-refractivity contribution in [1.29, 1.82) is 0 Å². The summed E-state index contributed by atoms with van der Waals surface area (Å²) in [7, 11) is 0. The number of carbonyl (C=O) groups is 2. The molecule has 1 N–H and O–H groups in total. The standard InChI is InChI=1S/C30H33N3O6/c34-29(31-23-4-1-2-5-23)28(22-8-10-24(11-9-22)32-13-16-36-17-14-32)33(30(35)26-6-3-15-37-26)19-21-7-12-25-27(18-21)39-20-38-25/h3,6-12,15,18,23,28H,1-2,4-5,13-14,16-17,19-20H2,(H,31,34). The van der Waals surface area contributed by atoms with Crippen molar-refractivity contribution in [2.24, 2.45) is 0 Å². The first-order chi connectivity index (χ1) is 19.2. The fourth-order valence-electron chi connectivity index (χ4n) is 5.57. The van der Waals surface area contributed by atoms with Gasteiger partial charge in [-0.15, -0.1) is 0 Å². The Morgan fingerprint density at radius 3 is 2.49 bits per heavy atom. The summed E-state index contributed by atoms with van der Waals surface area (Å²) in [5.74, 6) is 0.916. The van der Waals surface area contributed by atoms with Crippen LogP contribution in [0.2, 0.25) is 0 Å². The maximum atomic E-state index is 14.0. The molecule has 3 heterocycles. The highest BCUT2D eigenvalue weighted by Gasteiger charge is 2.35. The molecule has 9 heteroatoms. The number of hydrogen-bond donors (Lipinski definition) is 1. The fourth-order valence-corrected chi connectivity index (χ4v) is 5.57. The van der Waals surface area contributed by atoms with E-state index in [9.17, 15) is 9.59 Å². The molecule has 3 aliphatic rings. The molecular weight excluding hydrogens is 498 g/mol. The Labute approximate surface area is 227 Å². The zero-order chi connectivity index (χ0) is 26.6. The van der Waals surface area contributed by atoms with Crippen molar-refractivity contribution in [3.8, 4) is 11.5 Å². The molecule has 1 aromatic heterocycles. The van der Waals surface area contributed by atoms with E-state index >= 15 is 0 Å². The smallest absolute Gasteiger partial charge is 0.290 e. The van der Waals surface area contributed by atoms with Gasteiger partial charge in [0, 0.05) is 31.4 Å². The zero-order valence-corrected chi connectivity index (χ0v) is 21.8. The average molecular weight is 532 g/mol. The zero-order valence-electron chi connectivity index (χ0n) is 21.8. The Morgan fingerprint density at radius 2 is 1.74 bits per heavy atom. The van der Waals surface area contributed by atoms with Crippen LogP contribution in [0.4, 0.5) is 5.69 Å². The monoisotopic (exact) mass is 531 g/mol. The second kappa shape index (κ2) is 11.4. The van der Waals surface area contributed by atoms with Crippen LogP contribution < -0.4 is 19.7 Å². The number of ether oxygens (including phenoxy) is 3. The number of anilines is 1. The summed E-state index contributed by atoms with van der Waals surface area (Å²) < 4.78 is 22.0. The molecule has 204 valence electrons. The maximum Gasteiger partial charge on any atom is 0.290 e. The van der Waals surface area contributed by atoms with Crippen molar-refractivity contribution in [2.75, 3.05) is 38.0 Å². The van der Waals surface area contributed by atoms with E-state index in [1.165, 1.54) is 6.26 Å². The second-order valence-corrected chi connectivity index (χ2v) is 10.2. The topological polar surface area (TPSA) is 93.5 Å². The van der Waals surface area contributed by atoms with Gasteiger partial charge in [0.1, 0.15) is 6.04 Å². The first-order valence-corrected chi connectivity index (χ1v) is 13.6. The maximum absolute atomic E-state index is 14.0. The molecule has 0 radical (unpaired) electrons. The van der Waals surface area contributed by atoms with Crippen LogP contribution in [-0.2, 0) is 16.1 Å². The van der Waals surface area contributed by atoms with E-state index in [0.29, 0.717) is 24.7 Å². The van der Waals surface area contributed by atoms with E-state index in [1.54, 1.807) is 17.0 Å². The number of fused-ring (bicyclic) bond motifs is 1. The van der Waals surface area contributed by atoms with E-state index in [1.807, 2.05) is 42.5 Å². The number of amides is 2. The number of nitrogens with zero attached hydrogens (tertiary/aromatic N) is 2. The highest BCUT2D eigenvalue weighted by atomic mass is 16.7. The van der Waals surface area contributed by atoms with Crippen LogP contribution in [-0.4, -0.2) is 55.9 Å². The van der Waals surface area contributed by atoms with Crippen LogP contribution in [0, 0.1) is 0 Å². The van der Waals surface area contributed by atoms with Crippen LogP contribution in [0.5, 0.6) is 11.5 Å². The van der Waals surface area contributed by atoms with Gasteiger partial charge in [-0.1, -0.05) is 31.0 Å². The van der Waals surface area contributed by atoms with Crippen molar-refractivity contribution in [2.45, 2.75) is 44.3 Å². The number of rotatable bonds is 8. The molecule has 3 aromatic rings. The van der Waals surface area contributed by atoms with E-state index in [2.05, 4.69) is 10.2 Å². The van der Waals surface area contributed by atoms with Crippen LogP contribution in [0.1, 0.15) is 53.4 Å². The third-order valence-corrected chi connectivity index (χ3v) is 7.63. The lowest BCUT2D eigenvalue weighted by atomic mass is 10.0. The lowest BCUT2D eigenvalue weighted by molar-refractivity contribution is -0.126. The number of furan rings is 1. The number of nitrogens with one attached hydrogen (secondary N) is 1. The summed E-state index contributed by atoms with van der Waals surface area (Å²) >= 11 is 0. The Kier molecular flexibility index (Phi) is 7.40. The Bertz CT molecular complexity index is 1280. The van der Waals surface area contributed by atoms with Gasteiger partial charge in [0.15, 0.2) is 17.3 Å². The van der Waals surface area contributed by atoms with Gasteiger partial charge < -0.3 is 33.7 Å². The Hall–Kier alpha value is -3.98. The van der Waals surface area contributed by atoms with Crippen LogP contribution in [0.3, 0.4) is 0 Å². The predicted octanol–water partition coefficient (Wildman–Crippen LogP) is 4.29. The molecular formula is C30H33N3O6. The molecule has 1 saturated heterocycles. The molecule has 1 saturated carbocycles. The van der Waals surface area contributed by atoms with Gasteiger partial charge in [-0.2, -0.15) is 0 Å². The highest BCUT2D eigenvalue weighted by Crippen LogP contribution is 2.35. The van der Waals surface area contributed by atoms with Crippen molar-refractivity contribution < 1.29 is 28.2 Å². The number of carbonyl (C=O) groups excluding carboxylic acids is 2. The third kappa shape index (κ3) is 5.59. The molecule has 2 amide bonds. The molecule has 1 atom stereocenters. The summed E-state index contributed by atoms with van der Waals surface area (Å²) in [6.45, 7) is 3.36. The van der Waals surface area contributed by atoms with E-state index < -0.39 is 6.04 Å². The van der Waals surface area contributed by atoms with E-state index in [4.69, 9.17) is 18.6 Å². The Morgan fingerprint density at radius 1 is 0.974 bits per heavy atom. The van der Waals surface area contributed by atoms with Crippen molar-refractivity contribution >= 4 is 17.5 Å². The first kappa shape index (κ1) is 25.3. The van der Waals surface area contributed by atoms with Gasteiger partial charge in [-0.05, 0) is 60.4 Å². The second-order valence-electron chi connectivity index (χ2n) is 10.2. The number of hydrogen-bond acceptors (Lipinski definition) is 7. The normalized spacial score (nSPS) is 17.7. The average Bonchev–Trinajstić information content (AvgIpc) is 3.76. The Balaban J connectivity index is 1.35. The third-order valence-electron chi connectivity index (χ3n) is 7.63. The van der Waals surface area contributed by atoms with E-state index in [0.717, 1.165) is 55.6 Å². The van der Waals surface area contributed by atoms with Crippen LogP contribution in [0.15, 0.2) is 65.3 Å². The largest absolute Gasteiger partial charge is 0.459 e. The molecule has 1 aliphatic carbocycles. The predicted molar refractivity (Wildman–Crippen MR) is 144 cm³/mol. The minimum Gasteiger partial charge on any atom is -0.459 e. The SMILES string of the molecule is O=C(NC1CCCC1)C(c1ccc(N2CCOCC2)cc1)N(Cc1ccc2c(c1)OCO2)C(=O)c1ccco1. The molecule has 2 fully saturated rings. The van der Waals surface area contributed by atoms with Crippen molar-refractivity contribution in [1.82, 2.24) is 10.2 Å². The minimum atomic E-state index is -0.854. The summed E-state index contributed by atoms with van der Waals surface area (Å²) in [6.07, 6.45) is 5.55. The molecule has 0 bridgehead atoms. The van der Waals surface area contributed by atoms with Crippen molar-refractivity contribution in [3.63, 3.8) is 0 Å². The summed E-state index contributed by atoms with van der Waals surface area (Å²) in [5.41, 5.74) is 2.63. The quantitative estimate of drug-likeness (QED) is 0.464. The molecule has 1 unspecified atom stereocenters. The molecule has 39 heavy (non-hydrogen) atoms. The lowest BCUT2D eigenvalue weighted by Crippen LogP contribution is -2.45. The van der Waals surface area contributed by atoms with Crippen LogP contribution >= 0.6 is 0 Å². The number of morpholine rings is 1. The molecule has 6 rings (SSSR count). The molecule has 0 spiro atoms. The van der Waals surface area contributed by atoms with Gasteiger partial charge in [0.2, 0.25) is 12.7 Å². The summed E-state index contributed by atoms with van der Waals surface area (Å²) in [5, 5.41) is 3.23. The lowest BCUT2D eigenvalue weighted by Gasteiger charge is -2.33. The first-order valence-electron chi connectivity index (χ1n) is 13.6. The summed E-state index contributed by atoms with van der Waals surface area (Å²) in [4.78, 5) is 31.7. The van der Waals surface area contributed by atoms with Crippen molar-refractivity contribution in [3.05, 3.63) is 77.7 Å². The van der Waals surface area contributed by atoms with Gasteiger partial charge in [0.25, 0.3) is 5.91 Å².